The summed E-state index contributed by atoms with van der Waals surface area (Å²) in [5.41, 5.74) is 1.10. The second-order valence-corrected chi connectivity index (χ2v) is 9.88. The topological polar surface area (TPSA) is 107 Å². The minimum Gasteiger partial charge on any atom is -0.475 e. The number of hydrogen-bond acceptors (Lipinski definition) is 5. The quantitative estimate of drug-likeness (QED) is 0.574. The molecule has 0 atom stereocenters. The van der Waals surface area contributed by atoms with Crippen LogP contribution in [0.2, 0.25) is 0 Å². The van der Waals surface area contributed by atoms with E-state index < -0.39 is 22.2 Å². The highest BCUT2D eigenvalue weighted by Crippen LogP contribution is 2.19. The van der Waals surface area contributed by atoms with Crippen LogP contribution >= 0.6 is 0 Å². The summed E-state index contributed by atoms with van der Waals surface area (Å²) in [7, 11) is -3.60. The molecule has 1 aliphatic rings. The van der Waals surface area contributed by atoms with Crippen molar-refractivity contribution >= 4 is 21.9 Å². The van der Waals surface area contributed by atoms with Gasteiger partial charge in [-0.05, 0) is 30.0 Å². The van der Waals surface area contributed by atoms with Crippen LogP contribution in [-0.2, 0) is 26.0 Å². The Bertz CT molecular complexity index is 868. The third-order valence-corrected chi connectivity index (χ3v) is 6.70. The number of nitrogens with zero attached hydrogens (tertiary/aromatic N) is 2. The van der Waals surface area contributed by atoms with Crippen LogP contribution in [0.3, 0.4) is 0 Å². The third-order valence-electron chi connectivity index (χ3n) is 4.83. The number of nitrogens with one attached hydrogen (secondary N) is 1. The van der Waals surface area contributed by atoms with Crippen molar-refractivity contribution in [2.24, 2.45) is 5.92 Å². The Balaban J connectivity index is 0.000000675. The van der Waals surface area contributed by atoms with Crippen LogP contribution < -0.4 is 5.32 Å². The van der Waals surface area contributed by atoms with E-state index in [-0.39, 0.29) is 24.8 Å². The number of carboxylic acids is 1. The lowest BCUT2D eigenvalue weighted by atomic mass is 10.2. The number of sulfonamides is 1. The third kappa shape index (κ3) is 9.68. The zero-order valence-electron chi connectivity index (χ0n) is 19.1. The Hall–Kier alpha value is -2.18. The average molecular weight is 496 g/mol. The fourth-order valence-corrected chi connectivity index (χ4v) is 4.66. The van der Waals surface area contributed by atoms with Gasteiger partial charge in [0, 0.05) is 45.7 Å². The first kappa shape index (κ1) is 28.9. The molecule has 0 unspecified atom stereocenters. The first-order chi connectivity index (χ1) is 15.3. The molecule has 0 spiro atoms. The number of hydrogen-bond donors (Lipinski definition) is 2. The summed E-state index contributed by atoms with van der Waals surface area (Å²) in [4.78, 5) is 23.4. The molecule has 188 valence electrons. The SMILES string of the molecule is CCc1ccc(S(=O)(=O)N(CCC(=O)N2CCNCC2)CC(C)C)cc1.O=C(O)C(F)(F)F. The second-order valence-electron chi connectivity index (χ2n) is 7.94. The van der Waals surface area contributed by atoms with Crippen molar-refractivity contribution in [1.82, 2.24) is 14.5 Å². The van der Waals surface area contributed by atoms with E-state index in [0.29, 0.717) is 24.5 Å². The lowest BCUT2D eigenvalue weighted by Gasteiger charge is -2.29. The van der Waals surface area contributed by atoms with Gasteiger partial charge in [0.25, 0.3) is 0 Å². The highest BCUT2D eigenvalue weighted by Gasteiger charge is 2.38. The van der Waals surface area contributed by atoms with Gasteiger partial charge >= 0.3 is 12.1 Å². The number of rotatable bonds is 8. The smallest absolute Gasteiger partial charge is 0.475 e. The van der Waals surface area contributed by atoms with Gasteiger partial charge in [0.2, 0.25) is 15.9 Å². The summed E-state index contributed by atoms with van der Waals surface area (Å²) in [5.74, 6) is -2.54. The summed E-state index contributed by atoms with van der Waals surface area (Å²) in [5, 5.41) is 10.3. The van der Waals surface area contributed by atoms with E-state index in [4.69, 9.17) is 9.90 Å². The number of benzene rings is 1. The van der Waals surface area contributed by atoms with Crippen LogP contribution in [0.4, 0.5) is 13.2 Å². The summed E-state index contributed by atoms with van der Waals surface area (Å²) in [6.45, 7) is 9.61. The zero-order chi connectivity index (χ0) is 25.2. The standard InChI is InChI=1S/C19H31N3O3S.C2HF3O2/c1-4-17-5-7-18(8-6-17)26(24,25)22(15-16(2)3)12-9-19(23)21-13-10-20-11-14-21;3-2(4,5)1(6)7/h5-8,16,20H,4,9-15H2,1-3H3;(H,6,7). The van der Waals surface area contributed by atoms with Gasteiger partial charge in [0.05, 0.1) is 4.90 Å². The lowest BCUT2D eigenvalue weighted by molar-refractivity contribution is -0.192. The molecule has 1 aromatic carbocycles. The van der Waals surface area contributed by atoms with Crippen molar-refractivity contribution in [3.05, 3.63) is 29.8 Å². The average Bonchev–Trinajstić information content (AvgIpc) is 2.76. The fraction of sp³-hybridized carbons (Fsp3) is 0.619. The molecule has 1 fully saturated rings. The molecule has 33 heavy (non-hydrogen) atoms. The molecule has 2 rings (SSSR count). The first-order valence-electron chi connectivity index (χ1n) is 10.7. The Morgan fingerprint density at radius 2 is 1.67 bits per heavy atom. The molecule has 1 amide bonds. The van der Waals surface area contributed by atoms with Crippen LogP contribution in [0, 0.1) is 5.92 Å². The van der Waals surface area contributed by atoms with Crippen molar-refractivity contribution in [3.8, 4) is 0 Å². The minimum absolute atomic E-state index is 0.0248. The van der Waals surface area contributed by atoms with Gasteiger partial charge in [0.15, 0.2) is 0 Å². The van der Waals surface area contributed by atoms with Crippen molar-refractivity contribution in [2.75, 3.05) is 39.3 Å². The molecule has 1 saturated heterocycles. The molecule has 1 aliphatic heterocycles. The van der Waals surface area contributed by atoms with Gasteiger partial charge < -0.3 is 15.3 Å². The molecule has 0 aromatic heterocycles. The monoisotopic (exact) mass is 495 g/mol. The largest absolute Gasteiger partial charge is 0.490 e. The number of piperazine rings is 1. The predicted molar refractivity (Wildman–Crippen MR) is 117 cm³/mol. The number of aliphatic carboxylic acids is 1. The fourth-order valence-electron chi connectivity index (χ4n) is 3.06. The predicted octanol–water partition coefficient (Wildman–Crippen LogP) is 2.35. The molecule has 0 saturated carbocycles. The van der Waals surface area contributed by atoms with Gasteiger partial charge in [-0.3, -0.25) is 4.79 Å². The highest BCUT2D eigenvalue weighted by atomic mass is 32.2. The van der Waals surface area contributed by atoms with Crippen molar-refractivity contribution in [2.45, 2.75) is 44.7 Å². The van der Waals surface area contributed by atoms with Gasteiger partial charge in [-0.1, -0.05) is 32.9 Å². The molecule has 8 nitrogen and oxygen atoms in total. The molecule has 0 radical (unpaired) electrons. The van der Waals surface area contributed by atoms with E-state index in [2.05, 4.69) is 5.32 Å². The van der Waals surface area contributed by atoms with Crippen molar-refractivity contribution in [1.29, 1.82) is 0 Å². The number of aryl methyl sites for hydroxylation is 1. The first-order valence-corrected chi connectivity index (χ1v) is 12.1. The van der Waals surface area contributed by atoms with Gasteiger partial charge in [-0.15, -0.1) is 0 Å². The van der Waals surface area contributed by atoms with Gasteiger partial charge in [0.1, 0.15) is 0 Å². The van der Waals surface area contributed by atoms with E-state index in [9.17, 15) is 26.4 Å². The maximum Gasteiger partial charge on any atom is 0.490 e. The van der Waals surface area contributed by atoms with E-state index in [1.807, 2.05) is 37.8 Å². The molecule has 2 N–H and O–H groups in total. The minimum atomic E-state index is -5.08. The van der Waals surface area contributed by atoms with Crippen LogP contribution in [-0.4, -0.2) is 80.1 Å². The summed E-state index contributed by atoms with van der Waals surface area (Å²) in [6, 6.07) is 7.04. The Labute approximate surface area is 192 Å². The van der Waals surface area contributed by atoms with Crippen LogP contribution in [0.15, 0.2) is 29.2 Å². The van der Waals surface area contributed by atoms with E-state index >= 15 is 0 Å². The number of carbonyl (C=O) groups is 2. The van der Waals surface area contributed by atoms with Crippen molar-refractivity contribution < 1.29 is 36.3 Å². The summed E-state index contributed by atoms with van der Waals surface area (Å²) < 4.78 is 59.3. The number of carbonyl (C=O) groups excluding carboxylic acids is 1. The van der Waals surface area contributed by atoms with E-state index in [1.54, 1.807) is 12.1 Å². The maximum absolute atomic E-state index is 13.0. The Kier molecular flexibility index (Phi) is 11.3. The zero-order valence-corrected chi connectivity index (χ0v) is 19.9. The number of amides is 1. The Morgan fingerprint density at radius 3 is 2.09 bits per heavy atom. The van der Waals surface area contributed by atoms with Crippen LogP contribution in [0.5, 0.6) is 0 Å². The van der Waals surface area contributed by atoms with Gasteiger partial charge in [-0.25, -0.2) is 13.2 Å². The highest BCUT2D eigenvalue weighted by molar-refractivity contribution is 7.89. The van der Waals surface area contributed by atoms with Crippen LogP contribution in [0.1, 0.15) is 32.8 Å². The molecule has 1 aromatic rings. The molecule has 0 aliphatic carbocycles. The van der Waals surface area contributed by atoms with E-state index in [1.165, 1.54) is 4.31 Å². The van der Waals surface area contributed by atoms with Crippen LogP contribution in [0.25, 0.3) is 0 Å². The molecule has 1 heterocycles. The van der Waals surface area contributed by atoms with E-state index in [0.717, 1.165) is 25.1 Å². The van der Waals surface area contributed by atoms with Crippen molar-refractivity contribution in [3.63, 3.8) is 0 Å². The second kappa shape index (κ2) is 12.9. The number of carboxylic acid groups (broad SMARTS) is 1. The molecule has 0 bridgehead atoms. The number of alkyl halides is 3. The molecular weight excluding hydrogens is 463 g/mol. The summed E-state index contributed by atoms with van der Waals surface area (Å²) >= 11 is 0. The summed E-state index contributed by atoms with van der Waals surface area (Å²) in [6.07, 6.45) is -3.99. The maximum atomic E-state index is 13.0. The Morgan fingerprint density at radius 1 is 1.15 bits per heavy atom. The molecular formula is C21H32F3N3O5S. The molecule has 12 heteroatoms. The lowest BCUT2D eigenvalue weighted by Crippen LogP contribution is -2.47. The normalized spacial score (nSPS) is 14.7. The number of halogens is 3. The van der Waals surface area contributed by atoms with Gasteiger partial charge in [-0.2, -0.15) is 17.5 Å².